The van der Waals surface area contributed by atoms with Gasteiger partial charge >= 0.3 is 19.8 Å². The van der Waals surface area contributed by atoms with Crippen LogP contribution in [0.15, 0.2) is 48.6 Å². The number of esters is 2. The molecular weight excluding hydrogens is 565 g/mol. The molecule has 238 valence electrons. The molecule has 0 aromatic carbocycles. The van der Waals surface area contributed by atoms with E-state index >= 15 is 0 Å². The van der Waals surface area contributed by atoms with E-state index in [-0.39, 0.29) is 49.2 Å². The first-order valence-corrected chi connectivity index (χ1v) is 16.3. The Kier molecular flexibility index (Phi) is 14.8. The van der Waals surface area contributed by atoms with Gasteiger partial charge in [-0.3, -0.25) is 9.32 Å². The Morgan fingerprint density at radius 1 is 1.26 bits per heavy atom. The van der Waals surface area contributed by atoms with Gasteiger partial charge in [-0.2, -0.15) is 0 Å². The van der Waals surface area contributed by atoms with E-state index in [0.29, 0.717) is 6.42 Å². The van der Waals surface area contributed by atoms with E-state index in [0.717, 1.165) is 32.1 Å². The fourth-order valence-corrected chi connectivity index (χ4v) is 5.69. The summed E-state index contributed by atoms with van der Waals surface area (Å²) in [5.74, 6) is -0.778. The van der Waals surface area contributed by atoms with Gasteiger partial charge in [-0.15, -0.1) is 0 Å². The number of phosphoric acid groups is 1. The molecule has 1 saturated carbocycles. The lowest BCUT2D eigenvalue weighted by Crippen LogP contribution is -2.45. The second kappa shape index (κ2) is 17.3. The number of carbonyl (C=O) groups is 2. The second-order valence-corrected chi connectivity index (χ2v) is 12.4. The molecule has 1 heterocycles. The number of hydrogen-bond acceptors (Lipinski definition) is 9. The Morgan fingerprint density at radius 2 is 2.00 bits per heavy atom. The summed E-state index contributed by atoms with van der Waals surface area (Å²) in [4.78, 5) is 43.0. The average molecular weight is 614 g/mol. The molecule has 8 unspecified atom stereocenters. The number of aliphatic hydroxyl groups excluding tert-OH is 1. The molecule has 6 N–H and O–H groups in total. The number of aliphatic hydroxyl groups is 2. The van der Waals surface area contributed by atoms with Crippen molar-refractivity contribution in [3.63, 3.8) is 0 Å². The van der Waals surface area contributed by atoms with Crippen molar-refractivity contribution in [3.05, 3.63) is 48.6 Å². The fraction of sp³-hybridized carbons (Fsp3) is 0.667. The Morgan fingerprint density at radius 3 is 2.64 bits per heavy atom. The lowest BCUT2D eigenvalue weighted by molar-refractivity contribution is -0.155. The van der Waals surface area contributed by atoms with Crippen LogP contribution in [0.5, 0.6) is 0 Å². The van der Waals surface area contributed by atoms with Gasteiger partial charge in [0, 0.05) is 18.4 Å². The number of rotatable bonds is 16. The van der Waals surface area contributed by atoms with Gasteiger partial charge < -0.3 is 35.2 Å². The summed E-state index contributed by atoms with van der Waals surface area (Å²) >= 11 is 0. The Balaban J connectivity index is 2.09. The first-order valence-electron chi connectivity index (χ1n) is 14.8. The average Bonchev–Trinajstić information content (AvgIpc) is 2.93. The van der Waals surface area contributed by atoms with E-state index in [9.17, 15) is 34.2 Å². The largest absolute Gasteiger partial charge is 0.469 e. The Hall–Kier alpha value is -2.11. The van der Waals surface area contributed by atoms with Crippen LogP contribution in [0.25, 0.3) is 0 Å². The van der Waals surface area contributed by atoms with Crippen LogP contribution in [0.4, 0.5) is 0 Å². The van der Waals surface area contributed by atoms with Gasteiger partial charge in [0.05, 0.1) is 12.0 Å². The van der Waals surface area contributed by atoms with Crippen LogP contribution in [0.1, 0.15) is 72.1 Å². The van der Waals surface area contributed by atoms with E-state index < -0.39 is 37.7 Å². The first-order chi connectivity index (χ1) is 19.8. The van der Waals surface area contributed by atoms with Crippen molar-refractivity contribution >= 4 is 19.8 Å². The van der Waals surface area contributed by atoms with E-state index in [4.69, 9.17) is 19.7 Å². The molecule has 11 nitrogen and oxygen atoms in total. The van der Waals surface area contributed by atoms with Crippen molar-refractivity contribution in [1.82, 2.24) is 0 Å². The maximum Gasteiger partial charge on any atom is 0.469 e. The highest BCUT2D eigenvalue weighted by atomic mass is 31.2. The normalized spacial score (nSPS) is 27.2. The maximum atomic E-state index is 12.1. The third-order valence-electron chi connectivity index (χ3n) is 7.81. The molecule has 1 aliphatic carbocycles. The van der Waals surface area contributed by atoms with E-state index in [1.807, 2.05) is 26.8 Å². The van der Waals surface area contributed by atoms with Crippen molar-refractivity contribution in [2.24, 2.45) is 23.5 Å². The maximum absolute atomic E-state index is 12.1. The molecule has 2 rings (SSSR count). The predicted octanol–water partition coefficient (Wildman–Crippen LogP) is 3.62. The summed E-state index contributed by atoms with van der Waals surface area (Å²) in [5.41, 5.74) is 3.73. The number of cyclic esters (lactones) is 1. The van der Waals surface area contributed by atoms with E-state index in [2.05, 4.69) is 0 Å². The number of carbonyl (C=O) groups excluding carboxylic acids is 2. The van der Waals surface area contributed by atoms with Gasteiger partial charge in [0.15, 0.2) is 0 Å². The van der Waals surface area contributed by atoms with Crippen molar-refractivity contribution in [3.8, 4) is 0 Å². The highest BCUT2D eigenvalue weighted by Gasteiger charge is 2.40. The summed E-state index contributed by atoms with van der Waals surface area (Å²) in [6, 6.07) is 0. The topological polar surface area (TPSA) is 186 Å². The Bertz CT molecular complexity index is 1040. The zero-order chi connectivity index (χ0) is 31.3. The standard InChI is InChI=1S/C30H48NO10P/c1-4-21(3)29(34)39-25-12-8-10-22(19-25)9-6-7-11-24(32)20-27(41-42(36,37)38)30(35,17-18-31)16-15-26-23(5-2)13-14-28(33)40-26/h6-7,9,11,13-16,21-27,32,35H,4-5,8,10,12,17-20,31H2,1-3H3,(H2,36,37,38). The summed E-state index contributed by atoms with van der Waals surface area (Å²) in [5, 5.41) is 22.1. The zero-order valence-electron chi connectivity index (χ0n) is 24.8. The first kappa shape index (κ1) is 36.1. The minimum absolute atomic E-state index is 0.0485. The van der Waals surface area contributed by atoms with Crippen LogP contribution in [-0.2, 0) is 28.2 Å². The third kappa shape index (κ3) is 12.2. The summed E-state index contributed by atoms with van der Waals surface area (Å²) < 4.78 is 27.7. The highest BCUT2D eigenvalue weighted by molar-refractivity contribution is 7.46. The van der Waals surface area contributed by atoms with Gasteiger partial charge in [-0.1, -0.05) is 57.2 Å². The molecule has 0 spiro atoms. The molecule has 42 heavy (non-hydrogen) atoms. The minimum Gasteiger partial charge on any atom is -0.462 e. The third-order valence-corrected chi connectivity index (χ3v) is 8.34. The summed E-state index contributed by atoms with van der Waals surface area (Å²) in [6.45, 7) is 5.67. The molecule has 0 aromatic heterocycles. The summed E-state index contributed by atoms with van der Waals surface area (Å²) in [7, 11) is -5.07. The molecule has 12 heteroatoms. The highest BCUT2D eigenvalue weighted by Crippen LogP contribution is 2.42. The van der Waals surface area contributed by atoms with Gasteiger partial charge in [0.2, 0.25) is 0 Å². The Labute approximate surface area is 248 Å². The fourth-order valence-electron chi connectivity index (χ4n) is 5.09. The van der Waals surface area contributed by atoms with Crippen LogP contribution in [0.2, 0.25) is 0 Å². The van der Waals surface area contributed by atoms with Crippen LogP contribution < -0.4 is 5.73 Å². The monoisotopic (exact) mass is 613 g/mol. The SMILES string of the molecule is CCC(C)C(=O)OC1CCCC(C=CC=CC(O)CC(OP(=O)(O)O)C(O)(C=CC2OC(=O)C=CC2CC)CCN)C1. The molecule has 2 aliphatic rings. The zero-order valence-corrected chi connectivity index (χ0v) is 25.7. The predicted molar refractivity (Wildman–Crippen MR) is 158 cm³/mol. The smallest absolute Gasteiger partial charge is 0.462 e. The number of hydrogen-bond donors (Lipinski definition) is 5. The van der Waals surface area contributed by atoms with Crippen molar-refractivity contribution in [2.45, 2.75) is 102 Å². The molecule has 0 aromatic rings. The summed E-state index contributed by atoms with van der Waals surface area (Å²) in [6.07, 6.45) is 13.3. The molecule has 0 bridgehead atoms. The molecule has 1 fully saturated rings. The van der Waals surface area contributed by atoms with Crippen LogP contribution in [0.3, 0.4) is 0 Å². The van der Waals surface area contributed by atoms with Gasteiger partial charge in [0.1, 0.15) is 23.9 Å². The number of nitrogens with two attached hydrogens (primary N) is 1. The number of allylic oxidation sites excluding steroid dienone is 3. The second-order valence-electron chi connectivity index (χ2n) is 11.2. The molecule has 0 radical (unpaired) electrons. The minimum atomic E-state index is -5.07. The van der Waals surface area contributed by atoms with Crippen molar-refractivity contribution in [1.29, 1.82) is 0 Å². The molecular formula is C30H48NO10P. The van der Waals surface area contributed by atoms with Crippen LogP contribution >= 0.6 is 7.82 Å². The number of ether oxygens (including phenoxy) is 2. The van der Waals surface area contributed by atoms with E-state index in [1.165, 1.54) is 24.3 Å². The lowest BCUT2D eigenvalue weighted by atomic mass is 9.86. The van der Waals surface area contributed by atoms with Gasteiger partial charge in [-0.05, 0) is 63.5 Å². The van der Waals surface area contributed by atoms with Crippen molar-refractivity contribution < 1.29 is 48.2 Å². The van der Waals surface area contributed by atoms with Gasteiger partial charge in [0.25, 0.3) is 0 Å². The number of phosphoric ester groups is 1. The van der Waals surface area contributed by atoms with Crippen LogP contribution in [-0.4, -0.2) is 68.5 Å². The van der Waals surface area contributed by atoms with Gasteiger partial charge in [-0.25, -0.2) is 9.36 Å². The molecule has 1 aliphatic heterocycles. The molecule has 0 amide bonds. The quantitative estimate of drug-likeness (QED) is 0.0741. The lowest BCUT2D eigenvalue weighted by Gasteiger charge is -2.35. The van der Waals surface area contributed by atoms with Crippen molar-refractivity contribution in [2.75, 3.05) is 6.54 Å². The molecule has 0 saturated heterocycles. The van der Waals surface area contributed by atoms with E-state index in [1.54, 1.807) is 18.2 Å². The molecule has 8 atom stereocenters. The van der Waals surface area contributed by atoms with Crippen LogP contribution in [0, 0.1) is 17.8 Å².